The molecule has 0 saturated carbocycles. The number of piperazine rings is 1. The quantitative estimate of drug-likeness (QED) is 0.414. The van der Waals surface area contributed by atoms with E-state index < -0.39 is 10.0 Å². The summed E-state index contributed by atoms with van der Waals surface area (Å²) in [5.74, 6) is 1.45. The maximum absolute atomic E-state index is 12.5. The van der Waals surface area contributed by atoms with Gasteiger partial charge in [-0.2, -0.15) is 4.31 Å². The summed E-state index contributed by atoms with van der Waals surface area (Å²) >= 11 is 0. The molecular weight excluding hydrogens is 354 g/mol. The van der Waals surface area contributed by atoms with Crippen molar-refractivity contribution >= 4 is 16.0 Å². The van der Waals surface area contributed by atoms with Gasteiger partial charge in [0, 0.05) is 45.3 Å². The van der Waals surface area contributed by atoms with Crippen LogP contribution in [0.2, 0.25) is 0 Å². The number of hydrogen-bond donors (Lipinski definition) is 1. The second kappa shape index (κ2) is 9.91. The van der Waals surface area contributed by atoms with Gasteiger partial charge in [0.2, 0.25) is 10.0 Å². The maximum Gasteiger partial charge on any atom is 0.220 e. The molecule has 1 aliphatic heterocycles. The van der Waals surface area contributed by atoms with Crippen LogP contribution in [0.3, 0.4) is 0 Å². The Balaban J connectivity index is 1.89. The van der Waals surface area contributed by atoms with E-state index in [1.54, 1.807) is 6.07 Å². The van der Waals surface area contributed by atoms with Gasteiger partial charge in [0.25, 0.3) is 0 Å². The monoisotopic (exact) mass is 385 g/mol. The minimum absolute atomic E-state index is 0.118. The minimum Gasteiger partial charge on any atom is -0.364 e. The van der Waals surface area contributed by atoms with Gasteiger partial charge in [0.1, 0.15) is 12.0 Å². The molecule has 2 rings (SSSR count). The SMILES string of the molecule is CCNC(=NCCCC(C)C)N1CCN(S(=O)(=O)Cc2ccon2)CC1. The van der Waals surface area contributed by atoms with E-state index in [4.69, 9.17) is 9.52 Å². The normalized spacial score (nSPS) is 17.1. The Kier molecular flexibility index (Phi) is 7.89. The molecule has 1 aromatic rings. The molecule has 0 aromatic carbocycles. The second-order valence-electron chi connectivity index (χ2n) is 6.90. The summed E-state index contributed by atoms with van der Waals surface area (Å²) in [6.07, 6.45) is 3.62. The molecule has 8 nitrogen and oxygen atoms in total. The van der Waals surface area contributed by atoms with E-state index in [0.717, 1.165) is 31.9 Å². The topological polar surface area (TPSA) is 91.0 Å². The zero-order chi connectivity index (χ0) is 19.0. The lowest BCUT2D eigenvalue weighted by Gasteiger charge is -2.35. The van der Waals surface area contributed by atoms with Crippen LogP contribution < -0.4 is 5.32 Å². The fraction of sp³-hybridized carbons (Fsp3) is 0.765. The predicted octanol–water partition coefficient (Wildman–Crippen LogP) is 1.52. The molecule has 0 atom stereocenters. The van der Waals surface area contributed by atoms with Crippen LogP contribution in [-0.2, 0) is 15.8 Å². The van der Waals surface area contributed by atoms with Gasteiger partial charge in [0.15, 0.2) is 5.96 Å². The van der Waals surface area contributed by atoms with Crippen molar-refractivity contribution in [2.45, 2.75) is 39.4 Å². The molecule has 26 heavy (non-hydrogen) atoms. The first-order valence-electron chi connectivity index (χ1n) is 9.32. The first-order chi connectivity index (χ1) is 12.4. The van der Waals surface area contributed by atoms with Crippen LogP contribution in [0.25, 0.3) is 0 Å². The zero-order valence-electron chi connectivity index (χ0n) is 16.0. The number of rotatable bonds is 8. The summed E-state index contributed by atoms with van der Waals surface area (Å²) in [6, 6.07) is 1.58. The lowest BCUT2D eigenvalue weighted by molar-refractivity contribution is 0.259. The number of nitrogens with zero attached hydrogens (tertiary/aromatic N) is 4. The van der Waals surface area contributed by atoms with Crippen LogP contribution in [0, 0.1) is 5.92 Å². The molecule has 2 heterocycles. The van der Waals surface area contributed by atoms with Crippen molar-refractivity contribution < 1.29 is 12.9 Å². The Morgan fingerprint density at radius 1 is 1.35 bits per heavy atom. The van der Waals surface area contributed by atoms with Crippen LogP contribution in [0.15, 0.2) is 21.8 Å². The van der Waals surface area contributed by atoms with Crippen molar-refractivity contribution in [2.24, 2.45) is 10.9 Å². The third-order valence-electron chi connectivity index (χ3n) is 4.29. The highest BCUT2D eigenvalue weighted by atomic mass is 32.2. The van der Waals surface area contributed by atoms with Crippen molar-refractivity contribution in [2.75, 3.05) is 39.3 Å². The highest BCUT2D eigenvalue weighted by molar-refractivity contribution is 7.88. The second-order valence-corrected chi connectivity index (χ2v) is 8.87. The van der Waals surface area contributed by atoms with E-state index in [-0.39, 0.29) is 5.75 Å². The van der Waals surface area contributed by atoms with Crippen molar-refractivity contribution in [3.05, 3.63) is 18.0 Å². The number of aromatic nitrogens is 1. The van der Waals surface area contributed by atoms with Crippen molar-refractivity contribution in [1.82, 2.24) is 19.7 Å². The van der Waals surface area contributed by atoms with Crippen LogP contribution in [0.1, 0.15) is 39.3 Å². The molecule has 0 spiro atoms. The van der Waals surface area contributed by atoms with Gasteiger partial charge in [-0.3, -0.25) is 4.99 Å². The summed E-state index contributed by atoms with van der Waals surface area (Å²) < 4.78 is 31.3. The first-order valence-corrected chi connectivity index (χ1v) is 10.9. The van der Waals surface area contributed by atoms with Crippen molar-refractivity contribution in [3.63, 3.8) is 0 Å². The Morgan fingerprint density at radius 2 is 2.08 bits per heavy atom. The molecule has 1 saturated heterocycles. The smallest absolute Gasteiger partial charge is 0.220 e. The molecule has 0 amide bonds. The molecule has 9 heteroatoms. The minimum atomic E-state index is -3.37. The number of aliphatic imine (C=N–C) groups is 1. The lowest BCUT2D eigenvalue weighted by atomic mass is 10.1. The fourth-order valence-corrected chi connectivity index (χ4v) is 4.30. The molecule has 0 radical (unpaired) electrons. The van der Waals surface area contributed by atoms with Gasteiger partial charge in [-0.05, 0) is 25.7 Å². The van der Waals surface area contributed by atoms with Crippen molar-refractivity contribution in [1.29, 1.82) is 0 Å². The first kappa shape index (κ1) is 20.7. The molecular formula is C17H31N5O3S. The Hall–Kier alpha value is -1.61. The average Bonchev–Trinajstić information content (AvgIpc) is 3.10. The van der Waals surface area contributed by atoms with Crippen LogP contribution in [0.4, 0.5) is 0 Å². The third-order valence-corrected chi connectivity index (χ3v) is 6.10. The lowest BCUT2D eigenvalue weighted by Crippen LogP contribution is -2.53. The summed E-state index contributed by atoms with van der Waals surface area (Å²) in [4.78, 5) is 6.84. The number of nitrogens with one attached hydrogen (secondary N) is 1. The van der Waals surface area contributed by atoms with Crippen LogP contribution in [0.5, 0.6) is 0 Å². The highest BCUT2D eigenvalue weighted by Crippen LogP contribution is 2.13. The van der Waals surface area contributed by atoms with E-state index in [1.165, 1.54) is 10.6 Å². The van der Waals surface area contributed by atoms with Crippen LogP contribution in [-0.4, -0.2) is 68.0 Å². The molecule has 1 aromatic heterocycles. The van der Waals surface area contributed by atoms with E-state index in [1.807, 2.05) is 6.92 Å². The van der Waals surface area contributed by atoms with Crippen LogP contribution >= 0.6 is 0 Å². The molecule has 1 aliphatic rings. The van der Waals surface area contributed by atoms with E-state index in [0.29, 0.717) is 37.8 Å². The largest absolute Gasteiger partial charge is 0.364 e. The predicted molar refractivity (Wildman–Crippen MR) is 102 cm³/mol. The van der Waals surface area contributed by atoms with Gasteiger partial charge in [-0.25, -0.2) is 8.42 Å². The van der Waals surface area contributed by atoms with Gasteiger partial charge in [-0.15, -0.1) is 0 Å². The molecule has 0 bridgehead atoms. The number of guanidine groups is 1. The number of hydrogen-bond acceptors (Lipinski definition) is 5. The maximum atomic E-state index is 12.5. The summed E-state index contributed by atoms with van der Waals surface area (Å²) in [6.45, 7) is 10.2. The summed E-state index contributed by atoms with van der Waals surface area (Å²) in [5, 5.41) is 7.01. The summed E-state index contributed by atoms with van der Waals surface area (Å²) in [5.41, 5.74) is 0.437. The molecule has 1 N–H and O–H groups in total. The zero-order valence-corrected chi connectivity index (χ0v) is 16.8. The van der Waals surface area contributed by atoms with Gasteiger partial charge < -0.3 is 14.7 Å². The van der Waals surface area contributed by atoms with Gasteiger partial charge in [-0.1, -0.05) is 19.0 Å². The fourth-order valence-electron chi connectivity index (χ4n) is 2.88. The standard InChI is InChI=1S/C17H31N5O3S/c1-4-18-17(19-8-5-6-15(2)3)21-9-11-22(12-10-21)26(23,24)14-16-7-13-25-20-16/h7,13,15H,4-6,8-12,14H2,1-3H3,(H,18,19). The van der Waals surface area contributed by atoms with Crippen molar-refractivity contribution in [3.8, 4) is 0 Å². The molecule has 0 aliphatic carbocycles. The van der Waals surface area contributed by atoms with Gasteiger partial charge >= 0.3 is 0 Å². The number of sulfonamides is 1. The Labute approximate surface area is 156 Å². The Morgan fingerprint density at radius 3 is 2.65 bits per heavy atom. The highest BCUT2D eigenvalue weighted by Gasteiger charge is 2.28. The van der Waals surface area contributed by atoms with E-state index >= 15 is 0 Å². The van der Waals surface area contributed by atoms with E-state index in [2.05, 4.69) is 29.2 Å². The van der Waals surface area contributed by atoms with Gasteiger partial charge in [0.05, 0.1) is 5.69 Å². The molecule has 1 fully saturated rings. The third kappa shape index (κ3) is 6.28. The molecule has 0 unspecified atom stereocenters. The Bertz CT molecular complexity index is 650. The summed E-state index contributed by atoms with van der Waals surface area (Å²) in [7, 11) is -3.37. The van der Waals surface area contributed by atoms with E-state index in [9.17, 15) is 8.42 Å². The average molecular weight is 386 g/mol. The molecule has 148 valence electrons.